The first-order valence-corrected chi connectivity index (χ1v) is 7.00. The van der Waals surface area contributed by atoms with Gasteiger partial charge in [-0.1, -0.05) is 30.3 Å². The lowest BCUT2D eigenvalue weighted by Gasteiger charge is -2.12. The van der Waals surface area contributed by atoms with Crippen LogP contribution in [-0.2, 0) is 6.54 Å². The van der Waals surface area contributed by atoms with Crippen LogP contribution in [0.25, 0.3) is 0 Å². The number of benzene rings is 2. The molecule has 20 heavy (non-hydrogen) atoms. The fourth-order valence-electron chi connectivity index (χ4n) is 1.84. The number of aryl methyl sites for hydroxylation is 1. The molecule has 4 N–H and O–H groups in total. The first kappa shape index (κ1) is 14.4. The second kappa shape index (κ2) is 6.43. The molecule has 2 amide bonds. The zero-order valence-electron chi connectivity index (χ0n) is 11.1. The second-order valence-electron chi connectivity index (χ2n) is 4.50. The quantitative estimate of drug-likeness (QED) is 0.750. The fourth-order valence-corrected chi connectivity index (χ4v) is 2.53. The number of anilines is 2. The van der Waals surface area contributed by atoms with Crippen LogP contribution < -0.4 is 16.4 Å². The van der Waals surface area contributed by atoms with E-state index >= 15 is 0 Å². The van der Waals surface area contributed by atoms with Crippen molar-refractivity contribution in [2.75, 3.05) is 11.1 Å². The van der Waals surface area contributed by atoms with Crippen LogP contribution in [0.3, 0.4) is 0 Å². The molecule has 2 aromatic rings. The average molecular weight is 334 g/mol. The SMILES string of the molecule is Cc1cc(N)c(NC(=O)NCc2ccccc2)c(Br)c1. The lowest BCUT2D eigenvalue weighted by atomic mass is 10.2. The van der Waals surface area contributed by atoms with E-state index in [-0.39, 0.29) is 6.03 Å². The zero-order chi connectivity index (χ0) is 14.5. The minimum Gasteiger partial charge on any atom is -0.397 e. The van der Waals surface area contributed by atoms with Gasteiger partial charge in [0, 0.05) is 11.0 Å². The molecule has 0 fully saturated rings. The summed E-state index contributed by atoms with van der Waals surface area (Å²) < 4.78 is 0.768. The summed E-state index contributed by atoms with van der Waals surface area (Å²) in [5.41, 5.74) is 9.10. The second-order valence-corrected chi connectivity index (χ2v) is 5.36. The molecule has 0 heterocycles. The summed E-state index contributed by atoms with van der Waals surface area (Å²) in [6.45, 7) is 2.41. The third kappa shape index (κ3) is 3.74. The molecule has 0 aromatic heterocycles. The van der Waals surface area contributed by atoms with Crippen LogP contribution >= 0.6 is 15.9 Å². The molecule has 2 rings (SSSR count). The number of carbonyl (C=O) groups is 1. The summed E-state index contributed by atoms with van der Waals surface area (Å²) >= 11 is 3.40. The van der Waals surface area contributed by atoms with Crippen molar-refractivity contribution in [3.63, 3.8) is 0 Å². The maximum Gasteiger partial charge on any atom is 0.319 e. The fraction of sp³-hybridized carbons (Fsp3) is 0.133. The van der Waals surface area contributed by atoms with Gasteiger partial charge in [0.05, 0.1) is 11.4 Å². The van der Waals surface area contributed by atoms with Crippen LogP contribution in [-0.4, -0.2) is 6.03 Å². The third-order valence-electron chi connectivity index (χ3n) is 2.80. The summed E-state index contributed by atoms with van der Waals surface area (Å²) in [6, 6.07) is 13.2. The molecule has 0 saturated carbocycles. The topological polar surface area (TPSA) is 67.1 Å². The van der Waals surface area contributed by atoms with Crippen LogP contribution in [0.4, 0.5) is 16.2 Å². The van der Waals surface area contributed by atoms with Gasteiger partial charge in [0.2, 0.25) is 0 Å². The molecule has 0 unspecified atom stereocenters. The van der Waals surface area contributed by atoms with E-state index in [9.17, 15) is 4.79 Å². The molecule has 0 aliphatic heterocycles. The highest BCUT2D eigenvalue weighted by atomic mass is 79.9. The number of hydrogen-bond donors (Lipinski definition) is 3. The molecular weight excluding hydrogens is 318 g/mol. The van der Waals surface area contributed by atoms with Gasteiger partial charge < -0.3 is 16.4 Å². The van der Waals surface area contributed by atoms with Gasteiger partial charge in [-0.05, 0) is 46.1 Å². The zero-order valence-corrected chi connectivity index (χ0v) is 12.7. The smallest absolute Gasteiger partial charge is 0.319 e. The van der Waals surface area contributed by atoms with Crippen LogP contribution in [0.15, 0.2) is 46.9 Å². The van der Waals surface area contributed by atoms with Crippen molar-refractivity contribution in [3.8, 4) is 0 Å². The number of carbonyl (C=O) groups excluding carboxylic acids is 1. The van der Waals surface area contributed by atoms with E-state index in [0.29, 0.717) is 17.9 Å². The Morgan fingerprint density at radius 3 is 2.60 bits per heavy atom. The Labute approximate surface area is 126 Å². The third-order valence-corrected chi connectivity index (χ3v) is 3.42. The number of urea groups is 1. The van der Waals surface area contributed by atoms with E-state index in [1.165, 1.54) is 0 Å². The Morgan fingerprint density at radius 1 is 1.25 bits per heavy atom. The molecular formula is C15H16BrN3O. The Morgan fingerprint density at radius 2 is 1.95 bits per heavy atom. The molecule has 5 heteroatoms. The van der Waals surface area contributed by atoms with Crippen molar-refractivity contribution in [2.24, 2.45) is 0 Å². The summed E-state index contributed by atoms with van der Waals surface area (Å²) in [6.07, 6.45) is 0. The number of nitrogens with one attached hydrogen (secondary N) is 2. The summed E-state index contributed by atoms with van der Waals surface area (Å²) in [4.78, 5) is 11.9. The van der Waals surface area contributed by atoms with Gasteiger partial charge >= 0.3 is 6.03 Å². The van der Waals surface area contributed by atoms with E-state index in [0.717, 1.165) is 15.6 Å². The molecule has 0 radical (unpaired) electrons. The Balaban J connectivity index is 1.98. The minimum absolute atomic E-state index is 0.287. The van der Waals surface area contributed by atoms with Gasteiger partial charge in [0.25, 0.3) is 0 Å². The summed E-state index contributed by atoms with van der Waals surface area (Å²) in [5.74, 6) is 0. The maximum absolute atomic E-state index is 11.9. The molecule has 0 aliphatic rings. The van der Waals surface area contributed by atoms with E-state index in [1.54, 1.807) is 0 Å². The molecule has 0 saturated heterocycles. The maximum atomic E-state index is 11.9. The lowest BCUT2D eigenvalue weighted by Crippen LogP contribution is -2.28. The van der Waals surface area contributed by atoms with Crippen molar-refractivity contribution in [2.45, 2.75) is 13.5 Å². The molecule has 4 nitrogen and oxygen atoms in total. The standard InChI is InChI=1S/C15H16BrN3O/c1-10-7-12(16)14(13(17)8-10)19-15(20)18-9-11-5-3-2-4-6-11/h2-8H,9,17H2,1H3,(H2,18,19,20). The molecule has 0 atom stereocenters. The number of amides is 2. The number of rotatable bonds is 3. The number of hydrogen-bond acceptors (Lipinski definition) is 2. The first-order chi connectivity index (χ1) is 9.56. The van der Waals surface area contributed by atoms with Crippen LogP contribution in [0.2, 0.25) is 0 Å². The van der Waals surface area contributed by atoms with Gasteiger partial charge in [0.15, 0.2) is 0 Å². The molecule has 0 bridgehead atoms. The minimum atomic E-state index is -0.287. The van der Waals surface area contributed by atoms with Gasteiger partial charge in [-0.25, -0.2) is 4.79 Å². The van der Waals surface area contributed by atoms with Crippen LogP contribution in [0, 0.1) is 6.92 Å². The average Bonchev–Trinajstić information content (AvgIpc) is 2.42. The first-order valence-electron chi connectivity index (χ1n) is 6.20. The largest absolute Gasteiger partial charge is 0.397 e. The molecule has 0 spiro atoms. The Bertz CT molecular complexity index is 591. The van der Waals surface area contributed by atoms with Crippen molar-refractivity contribution >= 4 is 33.3 Å². The van der Waals surface area contributed by atoms with Gasteiger partial charge in [-0.3, -0.25) is 0 Å². The number of nitrogen functional groups attached to an aromatic ring is 1. The van der Waals surface area contributed by atoms with Gasteiger partial charge in [-0.2, -0.15) is 0 Å². The van der Waals surface area contributed by atoms with Crippen molar-refractivity contribution in [1.82, 2.24) is 5.32 Å². The van der Waals surface area contributed by atoms with E-state index in [4.69, 9.17) is 5.73 Å². The normalized spacial score (nSPS) is 10.1. The van der Waals surface area contributed by atoms with Gasteiger partial charge in [-0.15, -0.1) is 0 Å². The predicted octanol–water partition coefficient (Wildman–Crippen LogP) is 3.66. The predicted molar refractivity (Wildman–Crippen MR) is 85.6 cm³/mol. The number of halogens is 1. The monoisotopic (exact) mass is 333 g/mol. The highest BCUT2D eigenvalue weighted by molar-refractivity contribution is 9.10. The van der Waals surface area contributed by atoms with Crippen molar-refractivity contribution in [3.05, 3.63) is 58.1 Å². The van der Waals surface area contributed by atoms with Crippen molar-refractivity contribution < 1.29 is 4.79 Å². The number of nitrogens with two attached hydrogens (primary N) is 1. The van der Waals surface area contributed by atoms with Crippen molar-refractivity contribution in [1.29, 1.82) is 0 Å². The highest BCUT2D eigenvalue weighted by Gasteiger charge is 2.09. The Hall–Kier alpha value is -2.01. The Kier molecular flexibility index (Phi) is 4.63. The summed E-state index contributed by atoms with van der Waals surface area (Å²) in [5, 5.41) is 5.54. The molecule has 2 aromatic carbocycles. The van der Waals surface area contributed by atoms with Gasteiger partial charge in [0.1, 0.15) is 0 Å². The van der Waals surface area contributed by atoms with E-state index in [1.807, 2.05) is 49.4 Å². The van der Waals surface area contributed by atoms with Crippen LogP contribution in [0.5, 0.6) is 0 Å². The summed E-state index contributed by atoms with van der Waals surface area (Å²) in [7, 11) is 0. The molecule has 0 aliphatic carbocycles. The highest BCUT2D eigenvalue weighted by Crippen LogP contribution is 2.30. The van der Waals surface area contributed by atoms with E-state index < -0.39 is 0 Å². The van der Waals surface area contributed by atoms with Crippen LogP contribution in [0.1, 0.15) is 11.1 Å². The lowest BCUT2D eigenvalue weighted by molar-refractivity contribution is 0.251. The van der Waals surface area contributed by atoms with E-state index in [2.05, 4.69) is 26.6 Å². The molecule has 104 valence electrons.